The molecule has 2 aliphatic rings. The number of nitrogens with one attached hydrogen (secondary N) is 1. The van der Waals surface area contributed by atoms with Gasteiger partial charge in [-0.15, -0.1) is 0 Å². The van der Waals surface area contributed by atoms with Crippen LogP contribution in [0.5, 0.6) is 0 Å². The maximum Gasteiger partial charge on any atom is 0.243 e. The van der Waals surface area contributed by atoms with Crippen molar-refractivity contribution in [1.82, 2.24) is 20.4 Å². The minimum atomic E-state index is -0.108. The van der Waals surface area contributed by atoms with Gasteiger partial charge in [0.1, 0.15) is 0 Å². The van der Waals surface area contributed by atoms with Crippen molar-refractivity contribution in [1.29, 1.82) is 0 Å². The lowest BCUT2D eigenvalue weighted by Crippen LogP contribution is -2.51. The fourth-order valence-corrected chi connectivity index (χ4v) is 3.29. The van der Waals surface area contributed by atoms with Crippen molar-refractivity contribution in [3.8, 4) is 0 Å². The molecule has 1 aliphatic heterocycles. The van der Waals surface area contributed by atoms with E-state index in [2.05, 4.69) is 55.0 Å². The molecule has 0 aromatic carbocycles. The van der Waals surface area contributed by atoms with Gasteiger partial charge in [-0.25, -0.2) is 0 Å². The maximum absolute atomic E-state index is 12.2. The molecule has 6 heteroatoms. The Hall–Kier alpha value is -1.43. The molecule has 2 fully saturated rings. The van der Waals surface area contributed by atoms with Crippen molar-refractivity contribution >= 4 is 5.91 Å². The molecule has 1 amide bonds. The van der Waals surface area contributed by atoms with Crippen LogP contribution in [0.25, 0.3) is 0 Å². The van der Waals surface area contributed by atoms with Crippen molar-refractivity contribution in [3.05, 3.63) is 11.7 Å². The smallest absolute Gasteiger partial charge is 0.243 e. The van der Waals surface area contributed by atoms with Crippen molar-refractivity contribution in [2.24, 2.45) is 11.8 Å². The van der Waals surface area contributed by atoms with Gasteiger partial charge in [0.15, 0.2) is 5.82 Å². The third-order valence-corrected chi connectivity index (χ3v) is 5.09. The van der Waals surface area contributed by atoms with Gasteiger partial charge in [-0.2, -0.15) is 4.98 Å². The molecule has 2 heterocycles. The molecule has 1 N–H and O–H groups in total. The van der Waals surface area contributed by atoms with E-state index < -0.39 is 0 Å². The highest BCUT2D eigenvalue weighted by Gasteiger charge is 2.37. The first-order valence-electron chi connectivity index (χ1n) is 9.14. The number of carbonyl (C=O) groups is 1. The normalized spacial score (nSPS) is 26.5. The summed E-state index contributed by atoms with van der Waals surface area (Å²) in [7, 11) is 0. The van der Waals surface area contributed by atoms with Crippen LogP contribution in [0.1, 0.15) is 71.6 Å². The first-order valence-corrected chi connectivity index (χ1v) is 9.14. The summed E-state index contributed by atoms with van der Waals surface area (Å²) in [6, 6.07) is 0.389. The van der Waals surface area contributed by atoms with Crippen LogP contribution < -0.4 is 5.32 Å². The SMILES string of the molecule is CC(NC1CCN(C(=O)C2CC2)CC1C)c1nc(C(C)(C)C)no1. The van der Waals surface area contributed by atoms with Gasteiger partial charge in [-0.3, -0.25) is 4.79 Å². The molecule has 24 heavy (non-hydrogen) atoms. The number of rotatable bonds is 4. The molecule has 6 nitrogen and oxygen atoms in total. The topological polar surface area (TPSA) is 71.3 Å². The maximum atomic E-state index is 12.2. The Balaban J connectivity index is 1.56. The van der Waals surface area contributed by atoms with Crippen LogP contribution >= 0.6 is 0 Å². The number of likely N-dealkylation sites (tertiary alicyclic amines) is 1. The highest BCUT2D eigenvalue weighted by molar-refractivity contribution is 5.81. The second kappa shape index (κ2) is 6.47. The summed E-state index contributed by atoms with van der Waals surface area (Å²) in [5.41, 5.74) is -0.108. The molecule has 134 valence electrons. The Bertz CT molecular complexity index is 588. The van der Waals surface area contributed by atoms with Gasteiger partial charge in [-0.1, -0.05) is 32.9 Å². The van der Waals surface area contributed by atoms with Crippen LogP contribution in [0, 0.1) is 11.8 Å². The Morgan fingerprint density at radius 3 is 2.58 bits per heavy atom. The number of aromatic nitrogens is 2. The lowest BCUT2D eigenvalue weighted by atomic mass is 9.92. The second-order valence-electron chi connectivity index (χ2n) is 8.53. The highest BCUT2D eigenvalue weighted by atomic mass is 16.5. The third-order valence-electron chi connectivity index (χ3n) is 5.09. The molecule has 1 saturated heterocycles. The monoisotopic (exact) mass is 334 g/mol. The van der Waals surface area contributed by atoms with Crippen molar-refractivity contribution in [3.63, 3.8) is 0 Å². The van der Waals surface area contributed by atoms with Crippen molar-refractivity contribution < 1.29 is 9.32 Å². The first kappa shape index (κ1) is 17.4. The average Bonchev–Trinajstić information content (AvgIpc) is 3.23. The first-order chi connectivity index (χ1) is 11.3. The molecule has 0 radical (unpaired) electrons. The Kier molecular flexibility index (Phi) is 4.69. The summed E-state index contributed by atoms with van der Waals surface area (Å²) in [6.07, 6.45) is 3.13. The van der Waals surface area contributed by atoms with E-state index in [1.165, 1.54) is 0 Å². The summed E-state index contributed by atoms with van der Waals surface area (Å²) in [5, 5.41) is 7.72. The van der Waals surface area contributed by atoms with Gasteiger partial charge >= 0.3 is 0 Å². The lowest BCUT2D eigenvalue weighted by Gasteiger charge is -2.38. The molecule has 3 rings (SSSR count). The van der Waals surface area contributed by atoms with E-state index in [1.54, 1.807) is 0 Å². The van der Waals surface area contributed by atoms with Gasteiger partial charge < -0.3 is 14.7 Å². The molecular formula is C18H30N4O2. The number of nitrogens with zero attached hydrogens (tertiary/aromatic N) is 3. The minimum Gasteiger partial charge on any atom is -0.342 e. The van der Waals surface area contributed by atoms with Crippen molar-refractivity contribution in [2.75, 3.05) is 13.1 Å². The summed E-state index contributed by atoms with van der Waals surface area (Å²) < 4.78 is 5.44. The van der Waals surface area contributed by atoms with Gasteiger partial charge in [0.05, 0.1) is 6.04 Å². The highest BCUT2D eigenvalue weighted by Crippen LogP contribution is 2.32. The van der Waals surface area contributed by atoms with E-state index in [9.17, 15) is 4.79 Å². The molecule has 0 spiro atoms. The van der Waals surface area contributed by atoms with E-state index in [0.29, 0.717) is 29.7 Å². The van der Waals surface area contributed by atoms with Crippen molar-refractivity contribution in [2.45, 2.75) is 71.4 Å². The van der Waals surface area contributed by atoms with Crippen LogP contribution in [-0.4, -0.2) is 40.1 Å². The second-order valence-corrected chi connectivity index (χ2v) is 8.53. The summed E-state index contributed by atoms with van der Waals surface area (Å²) in [6.45, 7) is 12.2. The lowest BCUT2D eigenvalue weighted by molar-refractivity contribution is -0.134. The van der Waals surface area contributed by atoms with E-state index >= 15 is 0 Å². The fraction of sp³-hybridized carbons (Fsp3) is 0.833. The van der Waals surface area contributed by atoms with Gasteiger partial charge in [0.25, 0.3) is 0 Å². The largest absolute Gasteiger partial charge is 0.342 e. The zero-order valence-electron chi connectivity index (χ0n) is 15.5. The molecule has 0 bridgehead atoms. The van der Waals surface area contributed by atoms with E-state index in [4.69, 9.17) is 4.52 Å². The zero-order valence-corrected chi connectivity index (χ0v) is 15.5. The van der Waals surface area contributed by atoms with E-state index in [1.807, 2.05) is 0 Å². The average molecular weight is 334 g/mol. The quantitative estimate of drug-likeness (QED) is 0.916. The number of carbonyl (C=O) groups excluding carboxylic acids is 1. The minimum absolute atomic E-state index is 0.0201. The number of amides is 1. The summed E-state index contributed by atoms with van der Waals surface area (Å²) >= 11 is 0. The Morgan fingerprint density at radius 1 is 1.33 bits per heavy atom. The van der Waals surface area contributed by atoms with E-state index in [0.717, 1.165) is 38.2 Å². The zero-order chi connectivity index (χ0) is 17.5. The fourth-order valence-electron chi connectivity index (χ4n) is 3.29. The van der Waals surface area contributed by atoms with Crippen LogP contribution in [-0.2, 0) is 10.2 Å². The predicted molar refractivity (Wildman–Crippen MR) is 91.4 cm³/mol. The molecule has 1 aromatic rings. The molecular weight excluding hydrogens is 304 g/mol. The standard InChI is InChI=1S/C18H30N4O2/c1-11-10-22(16(23)13-6-7-13)9-8-14(11)19-12(2)15-20-17(21-24-15)18(3,4)5/h11-14,19H,6-10H2,1-5H3. The summed E-state index contributed by atoms with van der Waals surface area (Å²) in [4.78, 5) is 18.8. The third kappa shape index (κ3) is 3.79. The Labute approximate surface area is 144 Å². The molecule has 3 atom stereocenters. The van der Waals surface area contributed by atoms with Crippen LogP contribution in [0.3, 0.4) is 0 Å². The van der Waals surface area contributed by atoms with Gasteiger partial charge in [0, 0.05) is 30.5 Å². The van der Waals surface area contributed by atoms with Crippen LogP contribution in [0.2, 0.25) is 0 Å². The van der Waals surface area contributed by atoms with Crippen LogP contribution in [0.15, 0.2) is 4.52 Å². The number of piperidine rings is 1. The molecule has 1 aromatic heterocycles. The van der Waals surface area contributed by atoms with Crippen LogP contribution in [0.4, 0.5) is 0 Å². The predicted octanol–water partition coefficient (Wildman–Crippen LogP) is 2.66. The van der Waals surface area contributed by atoms with E-state index in [-0.39, 0.29) is 11.5 Å². The molecule has 1 aliphatic carbocycles. The van der Waals surface area contributed by atoms with Gasteiger partial charge in [-0.05, 0) is 32.1 Å². The molecule has 3 unspecified atom stereocenters. The van der Waals surface area contributed by atoms with Gasteiger partial charge in [0.2, 0.25) is 11.8 Å². The summed E-state index contributed by atoms with van der Waals surface area (Å²) in [5.74, 6) is 2.48. The Morgan fingerprint density at radius 2 is 2.04 bits per heavy atom. The number of hydrogen-bond donors (Lipinski definition) is 1. The molecule has 1 saturated carbocycles. The number of hydrogen-bond acceptors (Lipinski definition) is 5.